The van der Waals surface area contributed by atoms with Gasteiger partial charge in [0.15, 0.2) is 4.34 Å². The van der Waals surface area contributed by atoms with Gasteiger partial charge >= 0.3 is 6.01 Å². The predicted octanol–water partition coefficient (Wildman–Crippen LogP) is 1.78. The zero-order valence-electron chi connectivity index (χ0n) is 9.78. The van der Waals surface area contributed by atoms with Crippen molar-refractivity contribution in [2.24, 2.45) is 0 Å². The van der Waals surface area contributed by atoms with E-state index in [4.69, 9.17) is 4.42 Å². The Kier molecular flexibility index (Phi) is 4.26. The minimum Gasteiger partial charge on any atom is -0.408 e. The SMILES string of the molecule is CC(C)c1nnc(NC(=O)CSc2nncs2)o1. The lowest BCUT2D eigenvalue weighted by atomic mass is 10.2. The molecule has 0 aromatic carbocycles. The number of thioether (sulfide) groups is 1. The average Bonchev–Trinajstić information content (AvgIpc) is 2.96. The lowest BCUT2D eigenvalue weighted by molar-refractivity contribution is -0.113. The number of anilines is 1. The van der Waals surface area contributed by atoms with Gasteiger partial charge in [-0.05, 0) is 0 Å². The molecule has 0 aliphatic heterocycles. The summed E-state index contributed by atoms with van der Waals surface area (Å²) < 4.78 is 6.01. The number of carbonyl (C=O) groups excluding carboxylic acids is 1. The van der Waals surface area contributed by atoms with Crippen molar-refractivity contribution in [2.75, 3.05) is 11.1 Å². The normalized spacial score (nSPS) is 10.8. The highest BCUT2D eigenvalue weighted by molar-refractivity contribution is 8.01. The Hall–Kier alpha value is -1.48. The van der Waals surface area contributed by atoms with Crippen molar-refractivity contribution in [3.8, 4) is 0 Å². The van der Waals surface area contributed by atoms with Crippen LogP contribution in [0.1, 0.15) is 25.7 Å². The van der Waals surface area contributed by atoms with E-state index < -0.39 is 0 Å². The molecule has 0 saturated carbocycles. The largest absolute Gasteiger partial charge is 0.408 e. The van der Waals surface area contributed by atoms with Crippen molar-refractivity contribution < 1.29 is 9.21 Å². The van der Waals surface area contributed by atoms with Gasteiger partial charge in [-0.3, -0.25) is 10.1 Å². The monoisotopic (exact) mass is 285 g/mol. The van der Waals surface area contributed by atoms with Crippen LogP contribution in [0.4, 0.5) is 6.01 Å². The molecule has 2 aromatic heterocycles. The van der Waals surface area contributed by atoms with E-state index in [1.54, 1.807) is 5.51 Å². The molecule has 2 aromatic rings. The van der Waals surface area contributed by atoms with Crippen molar-refractivity contribution >= 4 is 35.0 Å². The van der Waals surface area contributed by atoms with E-state index in [1.807, 2.05) is 13.8 Å². The second kappa shape index (κ2) is 5.91. The Balaban J connectivity index is 1.83. The summed E-state index contributed by atoms with van der Waals surface area (Å²) in [4.78, 5) is 11.6. The third-order valence-electron chi connectivity index (χ3n) is 1.85. The fourth-order valence-corrected chi connectivity index (χ4v) is 2.32. The number of hydrogen-bond acceptors (Lipinski definition) is 8. The number of nitrogens with one attached hydrogen (secondary N) is 1. The Morgan fingerprint density at radius 3 is 2.94 bits per heavy atom. The maximum Gasteiger partial charge on any atom is 0.322 e. The summed E-state index contributed by atoms with van der Waals surface area (Å²) in [5.74, 6) is 0.657. The first kappa shape index (κ1) is 13.0. The highest BCUT2D eigenvalue weighted by Gasteiger charge is 2.12. The van der Waals surface area contributed by atoms with Crippen molar-refractivity contribution in [2.45, 2.75) is 24.1 Å². The van der Waals surface area contributed by atoms with E-state index in [1.165, 1.54) is 23.1 Å². The van der Waals surface area contributed by atoms with Crippen LogP contribution in [-0.2, 0) is 4.79 Å². The Bertz CT molecular complexity index is 511. The number of nitrogens with zero attached hydrogens (tertiary/aromatic N) is 4. The van der Waals surface area contributed by atoms with Gasteiger partial charge in [-0.2, -0.15) is 0 Å². The highest BCUT2D eigenvalue weighted by atomic mass is 32.2. The molecule has 2 heterocycles. The summed E-state index contributed by atoms with van der Waals surface area (Å²) in [6.07, 6.45) is 0. The van der Waals surface area contributed by atoms with Crippen LogP contribution >= 0.6 is 23.1 Å². The van der Waals surface area contributed by atoms with E-state index >= 15 is 0 Å². The quantitative estimate of drug-likeness (QED) is 0.837. The van der Waals surface area contributed by atoms with E-state index in [-0.39, 0.29) is 23.6 Å². The van der Waals surface area contributed by atoms with Crippen molar-refractivity contribution in [1.29, 1.82) is 0 Å². The molecule has 0 atom stereocenters. The van der Waals surface area contributed by atoms with Crippen LogP contribution in [-0.4, -0.2) is 32.1 Å². The molecule has 18 heavy (non-hydrogen) atoms. The number of carbonyl (C=O) groups is 1. The predicted molar refractivity (Wildman–Crippen MR) is 67.6 cm³/mol. The standard InChI is InChI=1S/C9H11N5O2S2/c1-5(2)7-12-13-8(16-7)11-6(15)3-17-9-14-10-4-18-9/h4-5H,3H2,1-2H3,(H,11,13,15). The van der Waals surface area contributed by atoms with Crippen molar-refractivity contribution in [3.63, 3.8) is 0 Å². The van der Waals surface area contributed by atoms with E-state index in [0.717, 1.165) is 4.34 Å². The van der Waals surface area contributed by atoms with Gasteiger partial charge in [-0.25, -0.2) is 0 Å². The molecule has 1 amide bonds. The minimum absolute atomic E-state index is 0.126. The lowest BCUT2D eigenvalue weighted by Gasteiger charge is -1.98. The van der Waals surface area contributed by atoms with Gasteiger partial charge < -0.3 is 4.42 Å². The number of aromatic nitrogens is 4. The molecule has 0 fully saturated rings. The molecule has 9 heteroatoms. The Morgan fingerprint density at radius 1 is 1.50 bits per heavy atom. The summed E-state index contributed by atoms with van der Waals surface area (Å²) in [7, 11) is 0. The fourth-order valence-electron chi connectivity index (χ4n) is 1.03. The highest BCUT2D eigenvalue weighted by Crippen LogP contribution is 2.19. The van der Waals surface area contributed by atoms with Gasteiger partial charge in [0.25, 0.3) is 0 Å². The smallest absolute Gasteiger partial charge is 0.322 e. The molecule has 96 valence electrons. The number of amides is 1. The molecular formula is C9H11N5O2S2. The van der Waals surface area contributed by atoms with Gasteiger partial charge in [0.05, 0.1) is 5.75 Å². The molecule has 0 saturated heterocycles. The topological polar surface area (TPSA) is 93.8 Å². The molecule has 0 radical (unpaired) electrons. The Labute approximate surface area is 111 Å². The van der Waals surface area contributed by atoms with Crippen LogP contribution in [0.3, 0.4) is 0 Å². The van der Waals surface area contributed by atoms with Crippen LogP contribution in [0.15, 0.2) is 14.3 Å². The molecule has 0 bridgehead atoms. The molecule has 2 rings (SSSR count). The van der Waals surface area contributed by atoms with Crippen LogP contribution in [0.25, 0.3) is 0 Å². The molecule has 0 aliphatic carbocycles. The fraction of sp³-hybridized carbons (Fsp3) is 0.444. The lowest BCUT2D eigenvalue weighted by Crippen LogP contribution is -2.14. The molecule has 7 nitrogen and oxygen atoms in total. The summed E-state index contributed by atoms with van der Waals surface area (Å²) >= 11 is 2.70. The first-order valence-corrected chi connectivity index (χ1v) is 7.04. The van der Waals surface area contributed by atoms with Gasteiger partial charge in [0.2, 0.25) is 11.8 Å². The second-order valence-corrected chi connectivity index (χ2v) is 5.70. The van der Waals surface area contributed by atoms with E-state index in [9.17, 15) is 4.79 Å². The summed E-state index contributed by atoms with van der Waals surface area (Å²) in [5.41, 5.74) is 1.62. The van der Waals surface area contributed by atoms with Crippen molar-refractivity contribution in [3.05, 3.63) is 11.4 Å². The number of hydrogen-bond donors (Lipinski definition) is 1. The molecular weight excluding hydrogens is 274 g/mol. The summed E-state index contributed by atoms with van der Waals surface area (Å²) in [5, 5.41) is 17.6. The molecule has 0 spiro atoms. The van der Waals surface area contributed by atoms with Crippen molar-refractivity contribution in [1.82, 2.24) is 20.4 Å². The molecule has 0 aliphatic rings. The third kappa shape index (κ3) is 3.50. The van der Waals surface area contributed by atoms with Gasteiger partial charge in [0, 0.05) is 5.92 Å². The zero-order chi connectivity index (χ0) is 13.0. The van der Waals surface area contributed by atoms with Crippen LogP contribution in [0, 0.1) is 0 Å². The minimum atomic E-state index is -0.214. The van der Waals surface area contributed by atoms with Crippen LogP contribution in [0.5, 0.6) is 0 Å². The maximum atomic E-state index is 11.6. The van der Waals surface area contributed by atoms with Gasteiger partial charge in [0.1, 0.15) is 5.51 Å². The van der Waals surface area contributed by atoms with Crippen LogP contribution < -0.4 is 5.32 Å². The summed E-state index contributed by atoms with van der Waals surface area (Å²) in [6, 6.07) is 0.126. The first-order valence-electron chi connectivity index (χ1n) is 5.17. The third-order valence-corrected chi connectivity index (χ3v) is 3.71. The van der Waals surface area contributed by atoms with Gasteiger partial charge in [-0.1, -0.05) is 42.0 Å². The van der Waals surface area contributed by atoms with E-state index in [0.29, 0.717) is 5.89 Å². The Morgan fingerprint density at radius 2 is 2.33 bits per heavy atom. The average molecular weight is 285 g/mol. The maximum absolute atomic E-state index is 11.6. The number of rotatable bonds is 5. The molecule has 0 unspecified atom stereocenters. The molecule has 1 N–H and O–H groups in total. The first-order chi connectivity index (χ1) is 8.65. The van der Waals surface area contributed by atoms with E-state index in [2.05, 4.69) is 25.7 Å². The summed E-state index contributed by atoms with van der Waals surface area (Å²) in [6.45, 7) is 3.87. The zero-order valence-corrected chi connectivity index (χ0v) is 11.4. The van der Waals surface area contributed by atoms with Crippen LogP contribution in [0.2, 0.25) is 0 Å². The second-order valence-electron chi connectivity index (χ2n) is 3.64. The van der Waals surface area contributed by atoms with Gasteiger partial charge in [-0.15, -0.1) is 15.3 Å².